The van der Waals surface area contributed by atoms with Crippen LogP contribution in [-0.4, -0.2) is 39.5 Å². The molecule has 0 aliphatic carbocycles. The Morgan fingerprint density at radius 2 is 1.90 bits per heavy atom. The highest BCUT2D eigenvalue weighted by molar-refractivity contribution is 5.93. The van der Waals surface area contributed by atoms with Crippen LogP contribution in [0.4, 0.5) is 0 Å². The summed E-state index contributed by atoms with van der Waals surface area (Å²) in [6.07, 6.45) is 2.93. The summed E-state index contributed by atoms with van der Waals surface area (Å²) in [5, 5.41) is 9.22. The van der Waals surface area contributed by atoms with Crippen LogP contribution in [0.15, 0.2) is 18.3 Å². The minimum Gasteiger partial charge on any atom is -0.481 e. The van der Waals surface area contributed by atoms with Gasteiger partial charge in [0.25, 0.3) is 5.91 Å². The van der Waals surface area contributed by atoms with E-state index in [0.717, 1.165) is 0 Å². The lowest BCUT2D eigenvalue weighted by Gasteiger charge is -2.36. The van der Waals surface area contributed by atoms with Crippen LogP contribution in [-0.2, 0) is 4.79 Å². The van der Waals surface area contributed by atoms with E-state index in [1.165, 1.54) is 0 Å². The number of hydrogen-bond acceptors (Lipinski definition) is 2. The van der Waals surface area contributed by atoms with Crippen LogP contribution in [0.5, 0.6) is 0 Å². The molecule has 5 heteroatoms. The lowest BCUT2D eigenvalue weighted by molar-refractivity contribution is -0.150. The molecule has 110 valence electrons. The Bertz CT molecular complexity index is 511. The van der Waals surface area contributed by atoms with E-state index in [-0.39, 0.29) is 11.9 Å². The molecule has 1 aliphatic heterocycles. The number of carbonyl (C=O) groups is 2. The molecule has 1 aromatic heterocycles. The summed E-state index contributed by atoms with van der Waals surface area (Å²) in [5.41, 5.74) is -0.0180. The largest absolute Gasteiger partial charge is 0.481 e. The summed E-state index contributed by atoms with van der Waals surface area (Å²) in [4.78, 5) is 25.5. The Kier molecular flexibility index (Phi) is 3.88. The maximum atomic E-state index is 12.5. The standard InChI is InChI=1S/C15H22N2O3/c1-11(2)17-8-4-5-12(17)13(18)16-9-6-15(3,7-10-16)14(19)20/h4-5,8,11H,6-7,9-10H2,1-3H3,(H,19,20). The van der Waals surface area contributed by atoms with Gasteiger partial charge < -0.3 is 14.6 Å². The predicted molar refractivity (Wildman–Crippen MR) is 75.7 cm³/mol. The van der Waals surface area contributed by atoms with Crippen molar-refractivity contribution in [3.05, 3.63) is 24.0 Å². The van der Waals surface area contributed by atoms with Crippen molar-refractivity contribution in [1.29, 1.82) is 0 Å². The number of aromatic nitrogens is 1. The van der Waals surface area contributed by atoms with Gasteiger partial charge >= 0.3 is 5.97 Å². The first-order valence-electron chi connectivity index (χ1n) is 7.05. The van der Waals surface area contributed by atoms with Gasteiger partial charge in [-0.3, -0.25) is 9.59 Å². The zero-order valence-electron chi connectivity index (χ0n) is 12.3. The van der Waals surface area contributed by atoms with Crippen LogP contribution in [0.3, 0.4) is 0 Å². The fourth-order valence-corrected chi connectivity index (χ4v) is 2.60. The maximum Gasteiger partial charge on any atom is 0.309 e. The maximum absolute atomic E-state index is 12.5. The van der Waals surface area contributed by atoms with Crippen LogP contribution in [0.2, 0.25) is 0 Å². The Morgan fingerprint density at radius 3 is 2.40 bits per heavy atom. The quantitative estimate of drug-likeness (QED) is 0.923. The fourth-order valence-electron chi connectivity index (χ4n) is 2.60. The Balaban J connectivity index is 2.09. The van der Waals surface area contributed by atoms with Crippen LogP contribution in [0.25, 0.3) is 0 Å². The molecule has 0 unspecified atom stereocenters. The summed E-state index contributed by atoms with van der Waals surface area (Å²) < 4.78 is 1.95. The third-order valence-electron chi connectivity index (χ3n) is 4.22. The fraction of sp³-hybridized carbons (Fsp3) is 0.600. The third kappa shape index (κ3) is 2.57. The van der Waals surface area contributed by atoms with Gasteiger partial charge in [0.05, 0.1) is 5.41 Å². The molecule has 1 fully saturated rings. The van der Waals surface area contributed by atoms with Crippen molar-refractivity contribution in [2.45, 2.75) is 39.7 Å². The van der Waals surface area contributed by atoms with Gasteiger partial charge in [0.15, 0.2) is 0 Å². The van der Waals surface area contributed by atoms with E-state index in [9.17, 15) is 14.7 Å². The zero-order valence-corrected chi connectivity index (χ0v) is 12.3. The van der Waals surface area contributed by atoms with Crippen LogP contribution >= 0.6 is 0 Å². The van der Waals surface area contributed by atoms with Crippen molar-refractivity contribution in [2.24, 2.45) is 5.41 Å². The molecule has 0 bridgehead atoms. The van der Waals surface area contributed by atoms with E-state index in [2.05, 4.69) is 0 Å². The van der Waals surface area contributed by atoms with E-state index in [1.54, 1.807) is 11.8 Å². The average molecular weight is 278 g/mol. The smallest absolute Gasteiger partial charge is 0.309 e. The van der Waals surface area contributed by atoms with Crippen LogP contribution in [0.1, 0.15) is 50.1 Å². The topological polar surface area (TPSA) is 62.5 Å². The number of piperidine rings is 1. The summed E-state index contributed by atoms with van der Waals surface area (Å²) in [6.45, 7) is 6.84. The molecular formula is C15H22N2O3. The van der Waals surface area contributed by atoms with Crippen LogP contribution < -0.4 is 0 Å². The summed E-state index contributed by atoms with van der Waals surface area (Å²) >= 11 is 0. The van der Waals surface area contributed by atoms with Gasteiger partial charge in [-0.1, -0.05) is 0 Å². The molecular weight excluding hydrogens is 256 g/mol. The Morgan fingerprint density at radius 1 is 1.30 bits per heavy atom. The molecule has 20 heavy (non-hydrogen) atoms. The Hall–Kier alpha value is -1.78. The van der Waals surface area contributed by atoms with Gasteiger partial charge in [-0.15, -0.1) is 0 Å². The van der Waals surface area contributed by atoms with Gasteiger partial charge in [-0.05, 0) is 45.7 Å². The highest BCUT2D eigenvalue weighted by atomic mass is 16.4. The van der Waals surface area contributed by atoms with Crippen molar-refractivity contribution in [1.82, 2.24) is 9.47 Å². The molecule has 5 nitrogen and oxygen atoms in total. The molecule has 0 aromatic carbocycles. The average Bonchev–Trinajstić information content (AvgIpc) is 2.88. The minimum absolute atomic E-state index is 0.00358. The molecule has 1 aromatic rings. The number of hydrogen-bond donors (Lipinski definition) is 1. The highest BCUT2D eigenvalue weighted by Crippen LogP contribution is 2.31. The van der Waals surface area contributed by atoms with E-state index < -0.39 is 11.4 Å². The van der Waals surface area contributed by atoms with Crippen molar-refractivity contribution >= 4 is 11.9 Å². The van der Waals surface area contributed by atoms with Gasteiger partial charge in [0.2, 0.25) is 0 Å². The summed E-state index contributed by atoms with van der Waals surface area (Å²) in [7, 11) is 0. The number of rotatable bonds is 3. The van der Waals surface area contributed by atoms with E-state index >= 15 is 0 Å². The summed E-state index contributed by atoms with van der Waals surface area (Å²) in [6, 6.07) is 3.93. The van der Waals surface area contributed by atoms with Crippen LogP contribution in [0, 0.1) is 5.41 Å². The molecule has 1 amide bonds. The van der Waals surface area contributed by atoms with Crippen molar-refractivity contribution in [3.8, 4) is 0 Å². The molecule has 1 saturated heterocycles. The van der Waals surface area contributed by atoms with E-state index in [4.69, 9.17) is 0 Å². The second-order valence-electron chi connectivity index (χ2n) is 6.05. The number of nitrogens with zero attached hydrogens (tertiary/aromatic N) is 2. The normalized spacial score (nSPS) is 18.3. The minimum atomic E-state index is -0.768. The van der Waals surface area contributed by atoms with E-state index in [1.807, 2.05) is 36.7 Å². The van der Waals surface area contributed by atoms with Gasteiger partial charge in [0.1, 0.15) is 5.69 Å². The van der Waals surface area contributed by atoms with Crippen molar-refractivity contribution < 1.29 is 14.7 Å². The number of amides is 1. The molecule has 0 spiro atoms. The second-order valence-corrected chi connectivity index (χ2v) is 6.05. The van der Waals surface area contributed by atoms with Gasteiger partial charge in [0, 0.05) is 25.3 Å². The molecule has 0 saturated carbocycles. The predicted octanol–water partition coefficient (Wildman–Crippen LogP) is 2.40. The Labute approximate surface area is 119 Å². The van der Waals surface area contributed by atoms with Crippen molar-refractivity contribution in [3.63, 3.8) is 0 Å². The molecule has 0 radical (unpaired) electrons. The highest BCUT2D eigenvalue weighted by Gasteiger charge is 2.38. The molecule has 1 N–H and O–H groups in total. The van der Waals surface area contributed by atoms with E-state index in [0.29, 0.717) is 31.6 Å². The zero-order chi connectivity index (χ0) is 14.9. The number of aliphatic carboxylic acids is 1. The number of likely N-dealkylation sites (tertiary alicyclic amines) is 1. The van der Waals surface area contributed by atoms with Crippen molar-refractivity contribution in [2.75, 3.05) is 13.1 Å². The SMILES string of the molecule is CC(C)n1cccc1C(=O)N1CCC(C)(C(=O)O)CC1. The first-order chi connectivity index (χ1) is 9.35. The molecule has 2 heterocycles. The monoisotopic (exact) mass is 278 g/mol. The molecule has 1 aliphatic rings. The first-order valence-corrected chi connectivity index (χ1v) is 7.05. The number of carbonyl (C=O) groups excluding carboxylic acids is 1. The molecule has 0 atom stereocenters. The number of carboxylic acid groups (broad SMARTS) is 1. The first kappa shape index (κ1) is 14.6. The third-order valence-corrected chi connectivity index (χ3v) is 4.22. The molecule has 2 rings (SSSR count). The van der Waals surface area contributed by atoms with Gasteiger partial charge in [-0.2, -0.15) is 0 Å². The number of carboxylic acids is 1. The second kappa shape index (κ2) is 5.31. The van der Waals surface area contributed by atoms with Gasteiger partial charge in [-0.25, -0.2) is 0 Å². The lowest BCUT2D eigenvalue weighted by atomic mass is 9.80. The lowest BCUT2D eigenvalue weighted by Crippen LogP contribution is -2.45. The summed E-state index contributed by atoms with van der Waals surface area (Å²) in [5.74, 6) is -0.772.